The lowest BCUT2D eigenvalue weighted by Crippen LogP contribution is -2.16. The minimum absolute atomic E-state index is 0.171. The highest BCUT2D eigenvalue weighted by molar-refractivity contribution is 5.66. The maximum absolute atomic E-state index is 6.47. The van der Waals surface area contributed by atoms with Crippen molar-refractivity contribution in [2.24, 2.45) is 0 Å². The monoisotopic (exact) mass is 516 g/mol. The van der Waals surface area contributed by atoms with Crippen molar-refractivity contribution in [1.82, 2.24) is 29.4 Å². The molecule has 1 aliphatic rings. The largest absolute Gasteiger partial charge is 0.493 e. The quantitative estimate of drug-likeness (QED) is 0.289. The Morgan fingerprint density at radius 2 is 1.56 bits per heavy atom. The Labute approximate surface area is 224 Å². The third-order valence-electron chi connectivity index (χ3n) is 6.82. The molecular weight excluding hydrogens is 492 g/mol. The average molecular weight is 517 g/mol. The Morgan fingerprint density at radius 3 is 2.33 bits per heavy atom. The minimum atomic E-state index is -0.203. The first-order valence-electron chi connectivity index (χ1n) is 12.6. The summed E-state index contributed by atoms with van der Waals surface area (Å²) in [5, 5.41) is 9.53. The molecule has 9 nitrogen and oxygen atoms in total. The molecule has 7 rings (SSSR count). The highest BCUT2D eigenvalue weighted by Crippen LogP contribution is 2.49. The van der Waals surface area contributed by atoms with Crippen molar-refractivity contribution in [2.75, 3.05) is 7.11 Å². The van der Waals surface area contributed by atoms with Gasteiger partial charge in [-0.1, -0.05) is 60.7 Å². The molecule has 0 spiro atoms. The highest BCUT2D eigenvalue weighted by Gasteiger charge is 2.38. The second-order valence-corrected chi connectivity index (χ2v) is 9.20. The van der Waals surface area contributed by atoms with E-state index in [9.17, 15) is 0 Å². The van der Waals surface area contributed by atoms with Crippen molar-refractivity contribution in [3.63, 3.8) is 0 Å². The third kappa shape index (κ3) is 3.86. The van der Waals surface area contributed by atoms with E-state index in [1.54, 1.807) is 18.0 Å². The maximum atomic E-state index is 6.47. The number of benzene rings is 3. The van der Waals surface area contributed by atoms with Crippen LogP contribution in [0.1, 0.15) is 34.1 Å². The molecule has 3 aromatic heterocycles. The fourth-order valence-electron chi connectivity index (χ4n) is 5.09. The van der Waals surface area contributed by atoms with Gasteiger partial charge in [-0.2, -0.15) is 5.10 Å². The molecule has 3 aromatic carbocycles. The van der Waals surface area contributed by atoms with Crippen LogP contribution in [0.4, 0.5) is 0 Å². The van der Waals surface area contributed by atoms with Gasteiger partial charge in [0, 0.05) is 0 Å². The van der Waals surface area contributed by atoms with Gasteiger partial charge in [0.2, 0.25) is 11.8 Å². The van der Waals surface area contributed by atoms with Gasteiger partial charge in [0.25, 0.3) is 0 Å². The van der Waals surface area contributed by atoms with Crippen LogP contribution in [-0.4, -0.2) is 36.5 Å². The molecule has 4 heterocycles. The molecule has 39 heavy (non-hydrogen) atoms. The van der Waals surface area contributed by atoms with Crippen molar-refractivity contribution in [3.8, 4) is 28.9 Å². The van der Waals surface area contributed by atoms with Gasteiger partial charge in [0.05, 0.1) is 35.5 Å². The molecule has 0 unspecified atom stereocenters. The van der Waals surface area contributed by atoms with E-state index >= 15 is 0 Å². The maximum Gasteiger partial charge on any atom is 0.230 e. The second-order valence-electron chi connectivity index (χ2n) is 9.20. The minimum Gasteiger partial charge on any atom is -0.493 e. The fraction of sp³-hybridized carbons (Fsp3) is 0.133. The van der Waals surface area contributed by atoms with Crippen LogP contribution < -0.4 is 14.2 Å². The predicted octanol–water partition coefficient (Wildman–Crippen LogP) is 5.49. The molecule has 0 aliphatic carbocycles. The zero-order valence-electron chi connectivity index (χ0n) is 21.4. The van der Waals surface area contributed by atoms with E-state index in [1.165, 1.54) is 0 Å². The van der Waals surface area contributed by atoms with E-state index in [0.717, 1.165) is 28.1 Å². The Hall–Kier alpha value is -5.18. The highest BCUT2D eigenvalue weighted by atomic mass is 16.5. The summed E-state index contributed by atoms with van der Waals surface area (Å²) in [5.74, 6) is 2.72. The van der Waals surface area contributed by atoms with Gasteiger partial charge in [-0.05, 0) is 36.8 Å². The predicted molar refractivity (Wildman–Crippen MR) is 144 cm³/mol. The van der Waals surface area contributed by atoms with E-state index in [-0.39, 0.29) is 12.5 Å². The summed E-state index contributed by atoms with van der Waals surface area (Å²) < 4.78 is 21.4. The molecule has 6 aromatic rings. The summed E-state index contributed by atoms with van der Waals surface area (Å²) in [4.78, 5) is 9.54. The van der Waals surface area contributed by atoms with Crippen LogP contribution in [0.2, 0.25) is 0 Å². The smallest absolute Gasteiger partial charge is 0.230 e. The molecule has 1 aliphatic heterocycles. The molecular formula is C30H24N6O3. The van der Waals surface area contributed by atoms with Gasteiger partial charge in [0.1, 0.15) is 12.9 Å². The van der Waals surface area contributed by atoms with Gasteiger partial charge >= 0.3 is 0 Å². The van der Waals surface area contributed by atoms with Gasteiger partial charge in [0.15, 0.2) is 23.0 Å². The van der Waals surface area contributed by atoms with Crippen molar-refractivity contribution in [3.05, 3.63) is 119 Å². The number of fused-ring (bicyclic) bond motifs is 4. The number of aryl methyl sites for hydroxylation is 1. The number of rotatable bonds is 6. The van der Waals surface area contributed by atoms with E-state index in [0.29, 0.717) is 34.7 Å². The zero-order chi connectivity index (χ0) is 26.3. The number of hydrogen-bond donors (Lipinski definition) is 0. The number of methoxy groups -OCH3 is 1. The van der Waals surface area contributed by atoms with E-state index in [2.05, 4.69) is 22.2 Å². The van der Waals surface area contributed by atoms with Gasteiger partial charge in [-0.25, -0.2) is 19.2 Å². The Morgan fingerprint density at radius 1 is 0.846 bits per heavy atom. The number of hydrogen-bond acceptors (Lipinski definition) is 7. The molecule has 9 heteroatoms. The number of para-hydroxylation sites is 3. The van der Waals surface area contributed by atoms with Crippen LogP contribution in [0.5, 0.6) is 23.3 Å². The summed E-state index contributed by atoms with van der Waals surface area (Å²) in [6.07, 6.45) is 1.62. The summed E-state index contributed by atoms with van der Waals surface area (Å²) in [7, 11) is 1.61. The van der Waals surface area contributed by atoms with Crippen molar-refractivity contribution in [2.45, 2.75) is 19.4 Å². The van der Waals surface area contributed by atoms with Crippen LogP contribution in [0.3, 0.4) is 0 Å². The normalized spacial score (nSPS) is 13.9. The number of nitrogens with zero attached hydrogens (tertiary/aromatic N) is 6. The first-order chi connectivity index (χ1) is 19.2. The lowest BCUT2D eigenvalue weighted by molar-refractivity contribution is 0.276. The average Bonchev–Trinajstić information content (AvgIpc) is 3.56. The van der Waals surface area contributed by atoms with Crippen molar-refractivity contribution in [1.29, 1.82) is 0 Å². The van der Waals surface area contributed by atoms with Crippen LogP contribution in [0, 0.1) is 6.92 Å². The van der Waals surface area contributed by atoms with Crippen LogP contribution in [0.25, 0.3) is 11.3 Å². The molecule has 0 saturated heterocycles. The van der Waals surface area contributed by atoms with Crippen molar-refractivity contribution >= 4 is 5.65 Å². The molecule has 0 saturated carbocycles. The first kappa shape index (κ1) is 23.0. The Balaban J connectivity index is 1.35. The van der Waals surface area contributed by atoms with Gasteiger partial charge in [-0.3, -0.25) is 0 Å². The summed E-state index contributed by atoms with van der Waals surface area (Å²) in [5.41, 5.74) is 5.34. The van der Waals surface area contributed by atoms with Crippen molar-refractivity contribution < 1.29 is 14.2 Å². The zero-order valence-corrected chi connectivity index (χ0v) is 21.4. The van der Waals surface area contributed by atoms with E-state index in [1.807, 2.05) is 84.4 Å². The molecule has 0 bridgehead atoms. The number of ether oxygens (including phenoxy) is 3. The second kappa shape index (κ2) is 9.29. The van der Waals surface area contributed by atoms with Gasteiger partial charge in [-0.15, -0.1) is 5.10 Å². The fourth-order valence-corrected chi connectivity index (χ4v) is 5.09. The van der Waals surface area contributed by atoms with Crippen LogP contribution in [0.15, 0.2) is 91.3 Å². The SMILES string of the molecule is COc1ccccc1OCc1nc2c3c(ncn2n1)Oc1c(c(C)nn1-c1ccccc1)[C@H]3c1ccccc1. The van der Waals surface area contributed by atoms with Gasteiger partial charge < -0.3 is 14.2 Å². The van der Waals surface area contributed by atoms with E-state index in [4.69, 9.17) is 24.3 Å². The molecule has 0 N–H and O–H groups in total. The first-order valence-corrected chi connectivity index (χ1v) is 12.6. The van der Waals surface area contributed by atoms with Crippen LogP contribution in [-0.2, 0) is 6.61 Å². The molecule has 1 atom stereocenters. The summed E-state index contributed by atoms with van der Waals surface area (Å²) >= 11 is 0. The molecule has 0 amide bonds. The number of aromatic nitrogens is 6. The topological polar surface area (TPSA) is 88.6 Å². The summed E-state index contributed by atoms with van der Waals surface area (Å²) in [6.45, 7) is 2.18. The third-order valence-corrected chi connectivity index (χ3v) is 6.82. The Bertz CT molecular complexity index is 1800. The Kier molecular flexibility index (Phi) is 5.47. The molecule has 0 radical (unpaired) electrons. The standard InChI is InChI=1S/C30H24N6O3/c1-19-25-26(20-11-5-3-6-12-20)27-28-32-24(17-38-23-16-10-9-15-22(23)37-2)34-35(28)18-31-29(27)39-30(25)36(33-19)21-13-7-4-8-14-21/h3-16,18,26H,17H2,1-2H3/t26-/m1/s1. The summed E-state index contributed by atoms with van der Waals surface area (Å²) in [6, 6.07) is 27.7. The lowest BCUT2D eigenvalue weighted by Gasteiger charge is -2.26. The van der Waals surface area contributed by atoms with E-state index < -0.39 is 0 Å². The molecule has 192 valence electrons. The molecule has 0 fully saturated rings. The van der Waals surface area contributed by atoms with Crippen LogP contribution >= 0.6 is 0 Å². The lowest BCUT2D eigenvalue weighted by atomic mass is 9.84.